The lowest BCUT2D eigenvalue weighted by Gasteiger charge is -2.07. The van der Waals surface area contributed by atoms with Crippen molar-refractivity contribution >= 4 is 11.6 Å². The molecule has 1 amide bonds. The van der Waals surface area contributed by atoms with E-state index in [1.807, 2.05) is 19.1 Å². The fourth-order valence-electron chi connectivity index (χ4n) is 1.83. The number of nitrogens with one attached hydrogen (secondary N) is 1. The van der Waals surface area contributed by atoms with Crippen LogP contribution in [0.4, 0.5) is 10.1 Å². The molecule has 0 bridgehead atoms. The number of halogens is 1. The zero-order valence-corrected chi connectivity index (χ0v) is 11.6. The molecule has 0 unspecified atom stereocenters. The average molecular weight is 282 g/mol. The van der Waals surface area contributed by atoms with Gasteiger partial charge in [-0.2, -0.15) is 0 Å². The molecule has 0 aliphatic rings. The first-order valence-electron chi connectivity index (χ1n) is 6.46. The van der Waals surface area contributed by atoms with Gasteiger partial charge in [0.2, 0.25) is 0 Å². The van der Waals surface area contributed by atoms with E-state index in [0.29, 0.717) is 17.8 Å². The van der Waals surface area contributed by atoms with Gasteiger partial charge in [-0.25, -0.2) is 4.39 Å². The van der Waals surface area contributed by atoms with Crippen LogP contribution in [-0.4, -0.2) is 12.5 Å². The average Bonchev–Trinajstić information content (AvgIpc) is 2.47. The molecular weight excluding hydrogens is 267 g/mol. The van der Waals surface area contributed by atoms with Crippen LogP contribution in [0.2, 0.25) is 0 Å². The summed E-state index contributed by atoms with van der Waals surface area (Å²) in [6, 6.07) is 10.8. The van der Waals surface area contributed by atoms with Gasteiger partial charge >= 0.3 is 0 Å². The Morgan fingerprint density at radius 1 is 1.24 bits per heavy atom. The van der Waals surface area contributed by atoms with Gasteiger partial charge in [-0.3, -0.25) is 4.79 Å². The highest BCUT2D eigenvalue weighted by molar-refractivity contribution is 6.04. The van der Waals surface area contributed by atoms with E-state index in [4.69, 9.17) is 5.73 Å². The third-order valence-electron chi connectivity index (χ3n) is 2.92. The number of hydrogen-bond acceptors (Lipinski definition) is 2. The molecule has 0 saturated carbocycles. The Morgan fingerprint density at radius 2 is 1.95 bits per heavy atom. The van der Waals surface area contributed by atoms with Gasteiger partial charge in [-0.15, -0.1) is 0 Å². The van der Waals surface area contributed by atoms with Crippen LogP contribution in [0.3, 0.4) is 0 Å². The molecule has 4 heteroatoms. The maximum Gasteiger partial charge on any atom is 0.255 e. The van der Waals surface area contributed by atoms with E-state index in [1.54, 1.807) is 6.07 Å². The zero-order chi connectivity index (χ0) is 15.2. The van der Waals surface area contributed by atoms with Gasteiger partial charge in [-0.1, -0.05) is 11.8 Å². The number of hydrogen-bond donors (Lipinski definition) is 2. The van der Waals surface area contributed by atoms with Crippen molar-refractivity contribution in [3.05, 3.63) is 65.0 Å². The second-order valence-electron chi connectivity index (χ2n) is 4.50. The van der Waals surface area contributed by atoms with E-state index >= 15 is 0 Å². The summed E-state index contributed by atoms with van der Waals surface area (Å²) in [5.74, 6) is 5.10. The Kier molecular flexibility index (Phi) is 4.70. The molecule has 0 heterocycles. The second kappa shape index (κ2) is 6.69. The van der Waals surface area contributed by atoms with Crippen LogP contribution in [0.15, 0.2) is 42.5 Å². The molecule has 0 saturated heterocycles. The summed E-state index contributed by atoms with van der Waals surface area (Å²) in [5, 5.41) is 2.77. The Labute approximate surface area is 123 Å². The first-order valence-corrected chi connectivity index (χ1v) is 6.46. The number of anilines is 1. The van der Waals surface area contributed by atoms with E-state index < -0.39 is 0 Å². The third kappa shape index (κ3) is 3.91. The largest absolute Gasteiger partial charge is 0.322 e. The number of rotatable bonds is 2. The Morgan fingerprint density at radius 3 is 2.57 bits per heavy atom. The van der Waals surface area contributed by atoms with Crippen molar-refractivity contribution in [1.29, 1.82) is 0 Å². The SMILES string of the molecule is Cc1cc(NC(=O)c2ccc(F)cc2)ccc1C#CCN. The van der Waals surface area contributed by atoms with E-state index in [2.05, 4.69) is 17.2 Å². The molecule has 3 nitrogen and oxygen atoms in total. The molecule has 0 aliphatic carbocycles. The van der Waals surface area contributed by atoms with E-state index in [0.717, 1.165) is 11.1 Å². The Hall–Kier alpha value is -2.64. The van der Waals surface area contributed by atoms with Crippen LogP contribution in [0, 0.1) is 24.6 Å². The highest BCUT2D eigenvalue weighted by Gasteiger charge is 2.06. The molecular formula is C17H15FN2O. The Bertz CT molecular complexity index is 712. The number of carbonyl (C=O) groups is 1. The summed E-state index contributed by atoms with van der Waals surface area (Å²) in [6.45, 7) is 2.22. The molecule has 2 rings (SSSR count). The number of nitrogens with two attached hydrogens (primary N) is 1. The molecule has 2 aromatic carbocycles. The van der Waals surface area contributed by atoms with Gasteiger partial charge in [0, 0.05) is 16.8 Å². The quantitative estimate of drug-likeness (QED) is 0.832. The van der Waals surface area contributed by atoms with Crippen LogP contribution < -0.4 is 11.1 Å². The monoisotopic (exact) mass is 282 g/mol. The molecule has 0 atom stereocenters. The van der Waals surface area contributed by atoms with Crippen LogP contribution in [0.5, 0.6) is 0 Å². The van der Waals surface area contributed by atoms with Gasteiger partial charge in [0.05, 0.1) is 6.54 Å². The molecule has 0 fully saturated rings. The maximum atomic E-state index is 12.8. The minimum Gasteiger partial charge on any atom is -0.322 e. The van der Waals surface area contributed by atoms with Gasteiger partial charge in [-0.05, 0) is 55.0 Å². The minimum atomic E-state index is -0.370. The van der Waals surface area contributed by atoms with Gasteiger partial charge < -0.3 is 11.1 Å². The lowest BCUT2D eigenvalue weighted by atomic mass is 10.1. The normalized spacial score (nSPS) is 9.67. The van der Waals surface area contributed by atoms with Gasteiger partial charge in [0.25, 0.3) is 5.91 Å². The summed E-state index contributed by atoms with van der Waals surface area (Å²) >= 11 is 0. The molecule has 2 aromatic rings. The third-order valence-corrected chi connectivity index (χ3v) is 2.92. The Balaban J connectivity index is 2.14. The summed E-state index contributed by atoms with van der Waals surface area (Å²) in [7, 11) is 0. The predicted molar refractivity (Wildman–Crippen MR) is 81.5 cm³/mol. The molecule has 106 valence electrons. The molecule has 3 N–H and O–H groups in total. The molecule has 0 radical (unpaired) electrons. The summed E-state index contributed by atoms with van der Waals surface area (Å²) in [5.41, 5.74) is 8.24. The van der Waals surface area contributed by atoms with Gasteiger partial charge in [0.1, 0.15) is 5.82 Å². The topological polar surface area (TPSA) is 55.1 Å². The number of amides is 1. The summed E-state index contributed by atoms with van der Waals surface area (Å²) in [6.07, 6.45) is 0. The number of benzene rings is 2. The first-order chi connectivity index (χ1) is 10.1. The van der Waals surface area contributed by atoms with E-state index in [1.165, 1.54) is 24.3 Å². The first kappa shape index (κ1) is 14.8. The van der Waals surface area contributed by atoms with E-state index in [-0.39, 0.29) is 11.7 Å². The maximum absolute atomic E-state index is 12.8. The highest BCUT2D eigenvalue weighted by atomic mass is 19.1. The lowest BCUT2D eigenvalue weighted by Crippen LogP contribution is -2.12. The number of aryl methyl sites for hydroxylation is 1. The lowest BCUT2D eigenvalue weighted by molar-refractivity contribution is 0.102. The van der Waals surface area contributed by atoms with Crippen molar-refractivity contribution in [2.75, 3.05) is 11.9 Å². The predicted octanol–water partition coefficient (Wildman–Crippen LogP) is 2.70. The molecule has 0 aliphatic heterocycles. The fraction of sp³-hybridized carbons (Fsp3) is 0.118. The van der Waals surface area contributed by atoms with Gasteiger partial charge in [0.15, 0.2) is 0 Å². The van der Waals surface area contributed by atoms with Crippen LogP contribution in [-0.2, 0) is 0 Å². The fourth-order valence-corrected chi connectivity index (χ4v) is 1.83. The molecule has 0 spiro atoms. The minimum absolute atomic E-state index is 0.282. The van der Waals surface area contributed by atoms with Crippen LogP contribution in [0.1, 0.15) is 21.5 Å². The summed E-state index contributed by atoms with van der Waals surface area (Å²) < 4.78 is 12.8. The van der Waals surface area contributed by atoms with Crippen molar-refractivity contribution in [3.8, 4) is 11.8 Å². The van der Waals surface area contributed by atoms with Crippen molar-refractivity contribution in [2.45, 2.75) is 6.92 Å². The summed E-state index contributed by atoms with van der Waals surface area (Å²) in [4.78, 5) is 12.0. The van der Waals surface area contributed by atoms with Crippen molar-refractivity contribution in [3.63, 3.8) is 0 Å². The van der Waals surface area contributed by atoms with Crippen molar-refractivity contribution < 1.29 is 9.18 Å². The smallest absolute Gasteiger partial charge is 0.255 e. The molecule has 21 heavy (non-hydrogen) atoms. The number of carbonyl (C=O) groups excluding carboxylic acids is 1. The van der Waals surface area contributed by atoms with Crippen LogP contribution in [0.25, 0.3) is 0 Å². The van der Waals surface area contributed by atoms with Crippen molar-refractivity contribution in [2.24, 2.45) is 5.73 Å². The zero-order valence-electron chi connectivity index (χ0n) is 11.6. The standard InChI is InChI=1S/C17H15FN2O/c1-12-11-16(9-6-13(12)3-2-10-19)20-17(21)14-4-7-15(18)8-5-14/h4-9,11H,10,19H2,1H3,(H,20,21). The molecule has 0 aromatic heterocycles. The van der Waals surface area contributed by atoms with E-state index in [9.17, 15) is 9.18 Å². The van der Waals surface area contributed by atoms with Crippen molar-refractivity contribution in [1.82, 2.24) is 0 Å². The second-order valence-corrected chi connectivity index (χ2v) is 4.50. The van der Waals surface area contributed by atoms with Crippen LogP contribution >= 0.6 is 0 Å². The highest BCUT2D eigenvalue weighted by Crippen LogP contribution is 2.15.